The van der Waals surface area contributed by atoms with Crippen LogP contribution in [0.25, 0.3) is 11.0 Å². The molecule has 0 aliphatic carbocycles. The highest BCUT2D eigenvalue weighted by atomic mass is 16.7. The monoisotopic (exact) mass is 246 g/mol. The Morgan fingerprint density at radius 3 is 3.06 bits per heavy atom. The summed E-state index contributed by atoms with van der Waals surface area (Å²) in [6, 6.07) is 7.54. The number of aromatic nitrogens is 1. The minimum atomic E-state index is -0.0613. The topological polar surface area (TPSA) is 55.6 Å². The highest BCUT2D eigenvalue weighted by Gasteiger charge is 2.20. The Morgan fingerprint density at radius 1 is 1.33 bits per heavy atom. The molecule has 1 amide bonds. The largest absolute Gasteiger partial charge is 0.356 e. The van der Waals surface area contributed by atoms with E-state index in [0.29, 0.717) is 24.4 Å². The van der Waals surface area contributed by atoms with Crippen molar-refractivity contribution in [2.24, 2.45) is 0 Å². The van der Waals surface area contributed by atoms with E-state index in [-0.39, 0.29) is 12.3 Å². The van der Waals surface area contributed by atoms with Crippen molar-refractivity contribution in [3.8, 4) is 0 Å². The van der Waals surface area contributed by atoms with E-state index in [1.54, 1.807) is 0 Å². The van der Waals surface area contributed by atoms with Crippen LogP contribution >= 0.6 is 0 Å². The number of para-hydroxylation sites is 1. The molecule has 94 valence electrons. The van der Waals surface area contributed by atoms with Crippen molar-refractivity contribution in [2.45, 2.75) is 19.3 Å². The van der Waals surface area contributed by atoms with Gasteiger partial charge in [-0.3, -0.25) is 9.63 Å². The van der Waals surface area contributed by atoms with Crippen molar-refractivity contribution in [3.05, 3.63) is 30.0 Å². The van der Waals surface area contributed by atoms with Gasteiger partial charge in [-0.05, 0) is 25.0 Å². The highest BCUT2D eigenvalue weighted by Crippen LogP contribution is 2.19. The number of nitrogens with zero attached hydrogens (tertiary/aromatic N) is 2. The van der Waals surface area contributed by atoms with Gasteiger partial charge in [-0.1, -0.05) is 17.3 Å². The van der Waals surface area contributed by atoms with Crippen molar-refractivity contribution in [1.82, 2.24) is 10.2 Å². The molecule has 0 bridgehead atoms. The molecule has 0 N–H and O–H groups in total. The Balaban J connectivity index is 1.77. The van der Waals surface area contributed by atoms with E-state index in [9.17, 15) is 4.79 Å². The lowest BCUT2D eigenvalue weighted by Gasteiger charge is -2.25. The number of fused-ring (bicyclic) bond motifs is 1. The van der Waals surface area contributed by atoms with Gasteiger partial charge >= 0.3 is 0 Å². The van der Waals surface area contributed by atoms with Crippen LogP contribution in [-0.4, -0.2) is 29.3 Å². The molecule has 2 heterocycles. The van der Waals surface area contributed by atoms with E-state index in [1.807, 2.05) is 24.3 Å². The zero-order valence-electron chi connectivity index (χ0n) is 9.96. The Hall–Kier alpha value is -1.88. The smallest absolute Gasteiger partial charge is 0.252 e. The van der Waals surface area contributed by atoms with Crippen molar-refractivity contribution in [1.29, 1.82) is 0 Å². The third-order valence-electron chi connectivity index (χ3n) is 3.05. The summed E-state index contributed by atoms with van der Waals surface area (Å²) in [5, 5.41) is 6.28. The van der Waals surface area contributed by atoms with Gasteiger partial charge in [-0.15, -0.1) is 0 Å². The molecule has 1 saturated heterocycles. The molecule has 5 nitrogen and oxygen atoms in total. The maximum Gasteiger partial charge on any atom is 0.252 e. The van der Waals surface area contributed by atoms with E-state index in [1.165, 1.54) is 5.06 Å². The average molecular weight is 246 g/mol. The Kier molecular flexibility index (Phi) is 2.98. The fourth-order valence-electron chi connectivity index (χ4n) is 2.09. The predicted octanol–water partition coefficient (Wildman–Crippen LogP) is 1.92. The standard InChI is InChI=1S/C13H14N2O3/c16-13(15-7-3-4-8-17-15)9-11-10-5-1-2-6-12(10)18-14-11/h1-2,5-6H,3-4,7-9H2. The lowest BCUT2D eigenvalue weighted by molar-refractivity contribution is -0.196. The number of rotatable bonds is 2. The van der Waals surface area contributed by atoms with Gasteiger partial charge < -0.3 is 4.52 Å². The molecule has 2 aromatic rings. The van der Waals surface area contributed by atoms with Crippen LogP contribution in [0.4, 0.5) is 0 Å². The summed E-state index contributed by atoms with van der Waals surface area (Å²) < 4.78 is 5.18. The zero-order chi connectivity index (χ0) is 12.4. The molecule has 18 heavy (non-hydrogen) atoms. The average Bonchev–Trinajstić information content (AvgIpc) is 2.83. The lowest BCUT2D eigenvalue weighted by atomic mass is 10.1. The molecule has 0 saturated carbocycles. The molecule has 1 aliphatic heterocycles. The number of amides is 1. The van der Waals surface area contributed by atoms with Gasteiger partial charge in [0.05, 0.1) is 13.0 Å². The van der Waals surface area contributed by atoms with Crippen molar-refractivity contribution < 1.29 is 14.2 Å². The van der Waals surface area contributed by atoms with Crippen LogP contribution in [0, 0.1) is 0 Å². The summed E-state index contributed by atoms with van der Waals surface area (Å²) in [6.07, 6.45) is 2.22. The molecule has 3 rings (SSSR count). The second-order valence-corrected chi connectivity index (χ2v) is 4.34. The molecule has 0 spiro atoms. The van der Waals surface area contributed by atoms with Crippen LogP contribution in [0.15, 0.2) is 28.8 Å². The summed E-state index contributed by atoms with van der Waals surface area (Å²) in [7, 11) is 0. The van der Waals surface area contributed by atoms with Gasteiger partial charge in [0.15, 0.2) is 5.58 Å². The first-order valence-electron chi connectivity index (χ1n) is 6.11. The van der Waals surface area contributed by atoms with Crippen molar-refractivity contribution in [3.63, 3.8) is 0 Å². The van der Waals surface area contributed by atoms with Crippen LogP contribution in [0.3, 0.4) is 0 Å². The molecule has 5 heteroatoms. The fraction of sp³-hybridized carbons (Fsp3) is 0.385. The Bertz CT molecular complexity index is 558. The van der Waals surface area contributed by atoms with Crippen molar-refractivity contribution >= 4 is 16.9 Å². The molecular formula is C13H14N2O3. The first-order chi connectivity index (χ1) is 8.84. The van der Waals surface area contributed by atoms with Gasteiger partial charge in [-0.2, -0.15) is 0 Å². The fourth-order valence-corrected chi connectivity index (χ4v) is 2.09. The minimum absolute atomic E-state index is 0.0613. The summed E-state index contributed by atoms with van der Waals surface area (Å²) in [5.74, 6) is -0.0613. The van der Waals surface area contributed by atoms with Crippen LogP contribution in [-0.2, 0) is 16.1 Å². The first kappa shape index (κ1) is 11.2. The van der Waals surface area contributed by atoms with Gasteiger partial charge in [0.25, 0.3) is 5.91 Å². The SMILES string of the molecule is O=C(Cc1noc2ccccc12)N1CCCCO1. The molecule has 0 atom stereocenters. The Morgan fingerprint density at radius 2 is 2.22 bits per heavy atom. The van der Waals surface area contributed by atoms with Crippen LogP contribution in [0.5, 0.6) is 0 Å². The lowest BCUT2D eigenvalue weighted by Crippen LogP contribution is -2.36. The van der Waals surface area contributed by atoms with E-state index >= 15 is 0 Å². The molecule has 1 fully saturated rings. The number of hydrogen-bond donors (Lipinski definition) is 0. The third-order valence-corrected chi connectivity index (χ3v) is 3.05. The number of carbonyl (C=O) groups is 1. The zero-order valence-corrected chi connectivity index (χ0v) is 9.96. The summed E-state index contributed by atoms with van der Waals surface area (Å²) >= 11 is 0. The molecule has 0 radical (unpaired) electrons. The number of carbonyl (C=O) groups excluding carboxylic acids is 1. The minimum Gasteiger partial charge on any atom is -0.356 e. The van der Waals surface area contributed by atoms with Gasteiger partial charge in [0.1, 0.15) is 5.69 Å². The second kappa shape index (κ2) is 4.78. The van der Waals surface area contributed by atoms with E-state index in [2.05, 4.69) is 5.16 Å². The molecule has 0 unspecified atom stereocenters. The normalized spacial score (nSPS) is 16.1. The van der Waals surface area contributed by atoms with Gasteiger partial charge in [0.2, 0.25) is 0 Å². The van der Waals surface area contributed by atoms with Crippen molar-refractivity contribution in [2.75, 3.05) is 13.2 Å². The maximum atomic E-state index is 12.0. The number of benzene rings is 1. The predicted molar refractivity (Wildman–Crippen MR) is 64.6 cm³/mol. The first-order valence-corrected chi connectivity index (χ1v) is 6.11. The molecule has 1 aliphatic rings. The van der Waals surface area contributed by atoms with Crippen LogP contribution in [0.1, 0.15) is 18.5 Å². The summed E-state index contributed by atoms with van der Waals surface area (Å²) in [6.45, 7) is 1.28. The Labute approximate surface area is 104 Å². The summed E-state index contributed by atoms with van der Waals surface area (Å²) in [4.78, 5) is 17.4. The molecule has 1 aromatic carbocycles. The van der Waals surface area contributed by atoms with E-state index in [4.69, 9.17) is 9.36 Å². The maximum absolute atomic E-state index is 12.0. The quantitative estimate of drug-likeness (QED) is 0.812. The van der Waals surface area contributed by atoms with Crippen LogP contribution < -0.4 is 0 Å². The third kappa shape index (κ3) is 2.09. The summed E-state index contributed by atoms with van der Waals surface area (Å²) in [5.41, 5.74) is 1.38. The number of hydroxylamine groups is 2. The molecule has 1 aromatic heterocycles. The van der Waals surface area contributed by atoms with E-state index < -0.39 is 0 Å². The number of hydrogen-bond acceptors (Lipinski definition) is 4. The van der Waals surface area contributed by atoms with E-state index in [0.717, 1.165) is 18.2 Å². The second-order valence-electron chi connectivity index (χ2n) is 4.34. The molecular weight excluding hydrogens is 232 g/mol. The van der Waals surface area contributed by atoms with Gasteiger partial charge in [0, 0.05) is 11.9 Å². The highest BCUT2D eigenvalue weighted by molar-refractivity contribution is 5.85. The van der Waals surface area contributed by atoms with Gasteiger partial charge in [-0.25, -0.2) is 5.06 Å². The van der Waals surface area contributed by atoms with Crippen LogP contribution in [0.2, 0.25) is 0 Å².